The SMILES string of the molecule is CS(=O)(=O)c1cccc(C(=O)c2cnc(N3CC4CCN(Cc5ccccc5)CC4C3)s2)c1. The number of aromatic nitrogens is 1. The summed E-state index contributed by atoms with van der Waals surface area (Å²) >= 11 is 1.40. The summed E-state index contributed by atoms with van der Waals surface area (Å²) in [5.41, 5.74) is 1.73. The summed E-state index contributed by atoms with van der Waals surface area (Å²) in [6.45, 7) is 5.13. The second kappa shape index (κ2) is 9.00. The average Bonchev–Trinajstić information content (AvgIpc) is 3.46. The lowest BCUT2D eigenvalue weighted by atomic mass is 9.88. The zero-order valence-electron chi connectivity index (χ0n) is 18.6. The molecular weight excluding hydrogens is 454 g/mol. The molecule has 172 valence electrons. The predicted octanol–water partition coefficient (Wildman–Crippen LogP) is 3.74. The highest BCUT2D eigenvalue weighted by Gasteiger charge is 2.38. The van der Waals surface area contributed by atoms with Gasteiger partial charge >= 0.3 is 0 Å². The number of carbonyl (C=O) groups is 1. The van der Waals surface area contributed by atoms with Gasteiger partial charge in [-0.1, -0.05) is 53.8 Å². The van der Waals surface area contributed by atoms with Crippen LogP contribution >= 0.6 is 11.3 Å². The number of likely N-dealkylation sites (tertiary alicyclic amines) is 1. The molecule has 2 aliphatic rings. The number of carbonyl (C=O) groups excluding carboxylic acids is 1. The Hall–Kier alpha value is -2.55. The molecule has 0 aliphatic carbocycles. The molecule has 3 aromatic rings. The van der Waals surface area contributed by atoms with Crippen molar-refractivity contribution in [2.45, 2.75) is 17.9 Å². The number of rotatable bonds is 6. The van der Waals surface area contributed by atoms with Crippen LogP contribution in [0.4, 0.5) is 5.13 Å². The Balaban J connectivity index is 1.25. The molecule has 2 aliphatic heterocycles. The third-order valence-corrected chi connectivity index (χ3v) is 8.81. The van der Waals surface area contributed by atoms with E-state index >= 15 is 0 Å². The Morgan fingerprint density at radius 3 is 2.64 bits per heavy atom. The Kier molecular flexibility index (Phi) is 6.07. The first-order chi connectivity index (χ1) is 15.9. The van der Waals surface area contributed by atoms with Gasteiger partial charge in [0, 0.05) is 38.0 Å². The summed E-state index contributed by atoms with van der Waals surface area (Å²) in [5, 5.41) is 0.877. The number of hydrogen-bond donors (Lipinski definition) is 0. The summed E-state index contributed by atoms with van der Waals surface area (Å²) in [5.74, 6) is 1.08. The summed E-state index contributed by atoms with van der Waals surface area (Å²) < 4.78 is 23.7. The van der Waals surface area contributed by atoms with E-state index in [0.29, 0.717) is 22.3 Å². The maximum absolute atomic E-state index is 13.0. The van der Waals surface area contributed by atoms with Gasteiger partial charge in [0.15, 0.2) is 15.0 Å². The molecular formula is C25H27N3O3S2. The van der Waals surface area contributed by atoms with Crippen molar-refractivity contribution < 1.29 is 13.2 Å². The van der Waals surface area contributed by atoms with Crippen LogP contribution in [0.5, 0.6) is 0 Å². The molecule has 5 rings (SSSR count). The molecule has 6 nitrogen and oxygen atoms in total. The average molecular weight is 482 g/mol. The standard InChI is InChI=1S/C25H27N3O3S2/c1-33(30,31)22-9-5-8-19(12-22)24(29)23-13-26-25(32-23)28-16-20-10-11-27(15-21(20)17-28)14-18-6-3-2-4-7-18/h2-9,12-13,20-21H,10-11,14-17H2,1H3. The zero-order chi connectivity index (χ0) is 23.0. The van der Waals surface area contributed by atoms with E-state index < -0.39 is 9.84 Å². The highest BCUT2D eigenvalue weighted by Crippen LogP contribution is 2.36. The molecule has 2 saturated heterocycles. The second-order valence-electron chi connectivity index (χ2n) is 9.07. The van der Waals surface area contributed by atoms with Gasteiger partial charge in [0.2, 0.25) is 5.78 Å². The molecule has 0 N–H and O–H groups in total. The van der Waals surface area contributed by atoms with Crippen molar-refractivity contribution in [2.75, 3.05) is 37.3 Å². The minimum atomic E-state index is -3.36. The summed E-state index contributed by atoms with van der Waals surface area (Å²) in [7, 11) is -3.36. The quantitative estimate of drug-likeness (QED) is 0.500. The lowest BCUT2D eigenvalue weighted by Crippen LogP contribution is -2.39. The first-order valence-electron chi connectivity index (χ1n) is 11.2. The molecule has 0 saturated carbocycles. The maximum atomic E-state index is 13.0. The number of benzene rings is 2. The number of anilines is 1. The van der Waals surface area contributed by atoms with Gasteiger partial charge in [-0.2, -0.15) is 0 Å². The van der Waals surface area contributed by atoms with Gasteiger partial charge in [0.25, 0.3) is 0 Å². The second-order valence-corrected chi connectivity index (χ2v) is 12.1. The van der Waals surface area contributed by atoms with Gasteiger partial charge < -0.3 is 4.90 Å². The molecule has 1 aromatic heterocycles. The van der Waals surface area contributed by atoms with E-state index in [-0.39, 0.29) is 10.7 Å². The van der Waals surface area contributed by atoms with Crippen molar-refractivity contribution in [3.8, 4) is 0 Å². The molecule has 2 atom stereocenters. The predicted molar refractivity (Wildman–Crippen MR) is 131 cm³/mol. The molecule has 0 spiro atoms. The summed E-state index contributed by atoms with van der Waals surface area (Å²) in [4.78, 5) is 23.1. The van der Waals surface area contributed by atoms with E-state index in [1.165, 1.54) is 35.5 Å². The fourth-order valence-corrected chi connectivity index (χ4v) is 6.47. The van der Waals surface area contributed by atoms with E-state index in [2.05, 4.69) is 45.1 Å². The van der Waals surface area contributed by atoms with E-state index in [1.807, 2.05) is 0 Å². The molecule has 33 heavy (non-hydrogen) atoms. The third kappa shape index (κ3) is 4.88. The monoisotopic (exact) mass is 481 g/mol. The maximum Gasteiger partial charge on any atom is 0.204 e. The van der Waals surface area contributed by atoms with Crippen molar-refractivity contribution in [3.63, 3.8) is 0 Å². The van der Waals surface area contributed by atoms with Crippen LogP contribution in [-0.4, -0.2) is 56.5 Å². The first kappa shape index (κ1) is 22.3. The van der Waals surface area contributed by atoms with Crippen LogP contribution in [0.1, 0.15) is 27.2 Å². The third-order valence-electron chi connectivity index (χ3n) is 6.65. The lowest BCUT2D eigenvalue weighted by Gasteiger charge is -2.34. The topological polar surface area (TPSA) is 70.6 Å². The van der Waals surface area contributed by atoms with E-state index in [0.717, 1.165) is 44.1 Å². The molecule has 0 amide bonds. The number of ketones is 1. The van der Waals surface area contributed by atoms with Crippen LogP contribution in [0, 0.1) is 11.8 Å². The number of sulfone groups is 1. The van der Waals surface area contributed by atoms with Crippen molar-refractivity contribution >= 4 is 32.1 Å². The molecule has 3 heterocycles. The molecule has 2 fully saturated rings. The molecule has 8 heteroatoms. The number of nitrogens with zero attached hydrogens (tertiary/aromatic N) is 3. The van der Waals surface area contributed by atoms with E-state index in [4.69, 9.17) is 0 Å². The van der Waals surface area contributed by atoms with Crippen molar-refractivity contribution in [3.05, 3.63) is 76.8 Å². The first-order valence-corrected chi connectivity index (χ1v) is 13.9. The zero-order valence-corrected chi connectivity index (χ0v) is 20.2. The fraction of sp³-hybridized carbons (Fsp3) is 0.360. The van der Waals surface area contributed by atoms with Crippen LogP contribution in [0.25, 0.3) is 0 Å². The molecule has 0 radical (unpaired) electrons. The normalized spacial score (nSPS) is 21.2. The Labute approximate surface area is 198 Å². The molecule has 0 bridgehead atoms. The number of piperidine rings is 1. The van der Waals surface area contributed by atoms with E-state index in [9.17, 15) is 13.2 Å². The van der Waals surface area contributed by atoms with Gasteiger partial charge in [-0.25, -0.2) is 13.4 Å². The Bertz CT molecular complexity index is 1260. The minimum Gasteiger partial charge on any atom is -0.347 e. The Morgan fingerprint density at radius 1 is 1.06 bits per heavy atom. The van der Waals surface area contributed by atoms with Crippen LogP contribution in [0.2, 0.25) is 0 Å². The Morgan fingerprint density at radius 2 is 1.85 bits per heavy atom. The molecule has 2 aromatic carbocycles. The van der Waals surface area contributed by atoms with Crippen LogP contribution < -0.4 is 4.90 Å². The highest BCUT2D eigenvalue weighted by atomic mass is 32.2. The number of thiazole rings is 1. The number of fused-ring (bicyclic) bond motifs is 1. The van der Waals surface area contributed by atoms with Crippen LogP contribution in [-0.2, 0) is 16.4 Å². The van der Waals surface area contributed by atoms with Gasteiger partial charge in [0.05, 0.1) is 16.0 Å². The van der Waals surface area contributed by atoms with Gasteiger partial charge in [-0.3, -0.25) is 9.69 Å². The smallest absolute Gasteiger partial charge is 0.204 e. The highest BCUT2D eigenvalue weighted by molar-refractivity contribution is 7.90. The summed E-state index contributed by atoms with van der Waals surface area (Å²) in [6, 6.07) is 16.8. The van der Waals surface area contributed by atoms with E-state index in [1.54, 1.807) is 18.3 Å². The van der Waals surface area contributed by atoms with Gasteiger partial charge in [0.1, 0.15) is 0 Å². The lowest BCUT2D eigenvalue weighted by molar-refractivity contribution is 0.104. The number of hydrogen-bond acceptors (Lipinski definition) is 7. The van der Waals surface area contributed by atoms with Crippen LogP contribution in [0.15, 0.2) is 65.7 Å². The van der Waals surface area contributed by atoms with Crippen molar-refractivity contribution in [2.24, 2.45) is 11.8 Å². The van der Waals surface area contributed by atoms with Crippen LogP contribution in [0.3, 0.4) is 0 Å². The minimum absolute atomic E-state index is 0.154. The molecule has 2 unspecified atom stereocenters. The largest absolute Gasteiger partial charge is 0.347 e. The summed E-state index contributed by atoms with van der Waals surface area (Å²) in [6.07, 6.45) is 3.96. The fourth-order valence-electron chi connectivity index (χ4n) is 4.91. The van der Waals surface area contributed by atoms with Gasteiger partial charge in [-0.05, 0) is 42.5 Å². The van der Waals surface area contributed by atoms with Gasteiger partial charge in [-0.15, -0.1) is 0 Å². The van der Waals surface area contributed by atoms with Crippen molar-refractivity contribution in [1.82, 2.24) is 9.88 Å². The van der Waals surface area contributed by atoms with Crippen molar-refractivity contribution in [1.29, 1.82) is 0 Å².